The van der Waals surface area contributed by atoms with Crippen LogP contribution in [0.1, 0.15) is 34.1 Å². The molecule has 2 amide bonds. The quantitative estimate of drug-likeness (QED) is 0.431. The SMILES string of the molecule is CC(C)NC(=O)C(C)(C)CCSNC(=O)C(Cl)Cl. The summed E-state index contributed by atoms with van der Waals surface area (Å²) in [7, 11) is 0. The van der Waals surface area contributed by atoms with Gasteiger partial charge in [0.25, 0.3) is 5.91 Å². The van der Waals surface area contributed by atoms with Crippen LogP contribution in [0.4, 0.5) is 0 Å². The molecule has 0 unspecified atom stereocenters. The molecule has 0 aliphatic carbocycles. The van der Waals surface area contributed by atoms with E-state index >= 15 is 0 Å². The van der Waals surface area contributed by atoms with E-state index in [1.807, 2.05) is 27.7 Å². The van der Waals surface area contributed by atoms with E-state index in [2.05, 4.69) is 10.0 Å². The highest BCUT2D eigenvalue weighted by atomic mass is 35.5. The van der Waals surface area contributed by atoms with Gasteiger partial charge in [-0.2, -0.15) is 0 Å². The van der Waals surface area contributed by atoms with Gasteiger partial charge in [-0.05, 0) is 20.3 Å². The van der Waals surface area contributed by atoms with E-state index in [1.165, 1.54) is 11.9 Å². The molecule has 2 N–H and O–H groups in total. The summed E-state index contributed by atoms with van der Waals surface area (Å²) in [5, 5.41) is 2.87. The summed E-state index contributed by atoms with van der Waals surface area (Å²) < 4.78 is 2.52. The second kappa shape index (κ2) is 8.12. The lowest BCUT2D eigenvalue weighted by atomic mass is 9.89. The lowest BCUT2D eigenvalue weighted by Gasteiger charge is -2.24. The van der Waals surface area contributed by atoms with Gasteiger partial charge in [-0.25, -0.2) is 0 Å². The van der Waals surface area contributed by atoms with Crippen molar-refractivity contribution in [3.8, 4) is 0 Å². The number of amides is 2. The van der Waals surface area contributed by atoms with Crippen molar-refractivity contribution in [2.75, 3.05) is 5.75 Å². The minimum atomic E-state index is -1.06. The average molecular weight is 315 g/mol. The van der Waals surface area contributed by atoms with Crippen LogP contribution in [0.25, 0.3) is 0 Å². The van der Waals surface area contributed by atoms with E-state index in [4.69, 9.17) is 23.2 Å². The predicted octanol–water partition coefficient (Wildman–Crippen LogP) is 2.50. The summed E-state index contributed by atoms with van der Waals surface area (Å²) in [6.07, 6.45) is 0.645. The van der Waals surface area contributed by atoms with Gasteiger partial charge in [-0.3, -0.25) is 14.3 Å². The van der Waals surface area contributed by atoms with E-state index in [0.29, 0.717) is 12.2 Å². The van der Waals surface area contributed by atoms with Crippen LogP contribution in [-0.4, -0.2) is 28.4 Å². The van der Waals surface area contributed by atoms with Gasteiger partial charge in [0, 0.05) is 17.2 Å². The molecular formula is C11H20Cl2N2O2S. The van der Waals surface area contributed by atoms with Gasteiger partial charge < -0.3 is 5.32 Å². The Morgan fingerprint density at radius 1 is 1.28 bits per heavy atom. The highest BCUT2D eigenvalue weighted by molar-refractivity contribution is 7.97. The first kappa shape index (κ1) is 17.9. The Hall–Kier alpha value is -0.130. The normalized spacial score (nSPS) is 11.8. The molecular weight excluding hydrogens is 295 g/mol. The van der Waals surface area contributed by atoms with Crippen LogP contribution >= 0.6 is 35.1 Å². The molecule has 0 atom stereocenters. The molecule has 0 aromatic heterocycles. The molecule has 0 fully saturated rings. The van der Waals surface area contributed by atoms with E-state index in [1.54, 1.807) is 0 Å². The Morgan fingerprint density at radius 2 is 1.83 bits per heavy atom. The highest BCUT2D eigenvalue weighted by Crippen LogP contribution is 2.22. The monoisotopic (exact) mass is 314 g/mol. The number of halogens is 2. The Bertz CT molecular complexity index is 297. The summed E-state index contributed by atoms with van der Waals surface area (Å²) >= 11 is 12.0. The van der Waals surface area contributed by atoms with Gasteiger partial charge in [0.15, 0.2) is 4.84 Å². The first-order valence-corrected chi connectivity index (χ1v) is 7.53. The molecule has 0 aliphatic rings. The lowest BCUT2D eigenvalue weighted by Crippen LogP contribution is -2.41. The lowest BCUT2D eigenvalue weighted by molar-refractivity contribution is -0.130. The molecule has 0 aliphatic heterocycles. The molecule has 7 heteroatoms. The molecule has 0 radical (unpaired) electrons. The number of carbonyl (C=O) groups is 2. The van der Waals surface area contributed by atoms with Gasteiger partial charge in [0.1, 0.15) is 0 Å². The second-order valence-corrected chi connectivity index (χ2v) is 6.87. The van der Waals surface area contributed by atoms with E-state index in [9.17, 15) is 9.59 Å². The molecule has 106 valence electrons. The van der Waals surface area contributed by atoms with E-state index in [-0.39, 0.29) is 11.9 Å². The molecule has 4 nitrogen and oxygen atoms in total. The van der Waals surface area contributed by atoms with Crippen molar-refractivity contribution in [1.29, 1.82) is 0 Å². The van der Waals surface area contributed by atoms with Gasteiger partial charge in [0.05, 0.1) is 0 Å². The number of hydrogen-bond acceptors (Lipinski definition) is 3. The minimum absolute atomic E-state index is 0.0111. The Morgan fingerprint density at radius 3 is 2.28 bits per heavy atom. The van der Waals surface area contributed by atoms with Crippen molar-refractivity contribution in [2.24, 2.45) is 5.41 Å². The predicted molar refractivity (Wildman–Crippen MR) is 77.8 cm³/mol. The van der Waals surface area contributed by atoms with Crippen molar-refractivity contribution in [3.63, 3.8) is 0 Å². The number of alkyl halides is 2. The van der Waals surface area contributed by atoms with Crippen LogP contribution in [-0.2, 0) is 9.59 Å². The van der Waals surface area contributed by atoms with Crippen LogP contribution < -0.4 is 10.0 Å². The largest absolute Gasteiger partial charge is 0.353 e. The van der Waals surface area contributed by atoms with Gasteiger partial charge in [0.2, 0.25) is 5.91 Å². The molecule has 0 bridgehead atoms. The summed E-state index contributed by atoms with van der Waals surface area (Å²) in [6.45, 7) is 7.59. The van der Waals surface area contributed by atoms with Crippen LogP contribution in [0, 0.1) is 5.41 Å². The third kappa shape index (κ3) is 7.34. The van der Waals surface area contributed by atoms with Gasteiger partial charge in [-0.1, -0.05) is 49.0 Å². The fourth-order valence-corrected chi connectivity index (χ4v) is 2.26. The van der Waals surface area contributed by atoms with E-state index < -0.39 is 16.2 Å². The van der Waals surface area contributed by atoms with Crippen molar-refractivity contribution < 1.29 is 9.59 Å². The molecule has 0 heterocycles. The molecule has 0 rings (SSSR count). The number of rotatable bonds is 7. The Kier molecular flexibility index (Phi) is 8.06. The summed E-state index contributed by atoms with van der Waals surface area (Å²) in [5.74, 6) is 0.190. The first-order chi connectivity index (χ1) is 8.16. The summed E-state index contributed by atoms with van der Waals surface area (Å²) in [5.41, 5.74) is -0.469. The van der Waals surface area contributed by atoms with Crippen LogP contribution in [0.2, 0.25) is 0 Å². The number of carbonyl (C=O) groups excluding carboxylic acids is 2. The zero-order valence-corrected chi connectivity index (χ0v) is 13.4. The topological polar surface area (TPSA) is 58.2 Å². The second-order valence-electron chi connectivity index (χ2n) is 4.88. The molecule has 0 saturated heterocycles. The Labute approximate surface area is 123 Å². The smallest absolute Gasteiger partial charge is 0.263 e. The van der Waals surface area contributed by atoms with Crippen LogP contribution in [0.3, 0.4) is 0 Å². The van der Waals surface area contributed by atoms with Crippen molar-refractivity contribution in [2.45, 2.75) is 45.0 Å². The Balaban J connectivity index is 3.97. The fourth-order valence-electron chi connectivity index (χ4n) is 1.04. The molecule has 0 aromatic rings. The number of nitrogens with one attached hydrogen (secondary N) is 2. The maximum absolute atomic E-state index is 11.9. The highest BCUT2D eigenvalue weighted by Gasteiger charge is 2.27. The average Bonchev–Trinajstić information content (AvgIpc) is 2.22. The fraction of sp³-hybridized carbons (Fsp3) is 0.818. The maximum Gasteiger partial charge on any atom is 0.263 e. The van der Waals surface area contributed by atoms with Crippen LogP contribution in [0.15, 0.2) is 0 Å². The van der Waals surface area contributed by atoms with Crippen LogP contribution in [0.5, 0.6) is 0 Å². The van der Waals surface area contributed by atoms with Crippen molar-refractivity contribution >= 4 is 47.0 Å². The molecule has 0 saturated carbocycles. The van der Waals surface area contributed by atoms with Gasteiger partial charge in [-0.15, -0.1) is 0 Å². The minimum Gasteiger partial charge on any atom is -0.353 e. The summed E-state index contributed by atoms with van der Waals surface area (Å²) in [6, 6.07) is 0.123. The maximum atomic E-state index is 11.9. The first-order valence-electron chi connectivity index (χ1n) is 5.67. The zero-order chi connectivity index (χ0) is 14.3. The molecule has 18 heavy (non-hydrogen) atoms. The van der Waals surface area contributed by atoms with E-state index in [0.717, 1.165) is 0 Å². The molecule has 0 aromatic carbocycles. The van der Waals surface area contributed by atoms with Crippen molar-refractivity contribution in [3.05, 3.63) is 0 Å². The zero-order valence-electron chi connectivity index (χ0n) is 11.0. The third-order valence-electron chi connectivity index (χ3n) is 2.23. The standard InChI is InChI=1S/C11H20Cl2N2O2S/c1-7(2)14-10(17)11(3,4)5-6-18-15-9(16)8(12)13/h7-8H,5-6H2,1-4H3,(H,14,17)(H,15,16). The number of hydrogen-bond donors (Lipinski definition) is 2. The van der Waals surface area contributed by atoms with Crippen molar-refractivity contribution in [1.82, 2.24) is 10.0 Å². The molecule has 0 spiro atoms. The van der Waals surface area contributed by atoms with Gasteiger partial charge >= 0.3 is 0 Å². The third-order valence-corrected chi connectivity index (χ3v) is 3.38. The summed E-state index contributed by atoms with van der Waals surface area (Å²) in [4.78, 5) is 21.9.